The summed E-state index contributed by atoms with van der Waals surface area (Å²) >= 11 is 0. The Hall–Kier alpha value is -0.940. The quantitative estimate of drug-likeness (QED) is 0.821. The van der Waals surface area contributed by atoms with E-state index in [0.29, 0.717) is 12.7 Å². The number of methoxy groups -OCH3 is 1. The zero-order valence-corrected chi connectivity index (χ0v) is 14.2. The molecule has 1 N–H and O–H groups in total. The average molecular weight is 307 g/mol. The van der Waals surface area contributed by atoms with Crippen LogP contribution in [-0.2, 0) is 14.9 Å². The molecule has 1 aliphatic heterocycles. The summed E-state index contributed by atoms with van der Waals surface area (Å²) in [6.45, 7) is 9.89. The van der Waals surface area contributed by atoms with E-state index in [1.807, 2.05) is 12.1 Å². The molecule has 0 bridgehead atoms. The first-order valence-electron chi connectivity index (χ1n) is 8.05. The van der Waals surface area contributed by atoms with Gasteiger partial charge < -0.3 is 14.6 Å². The molecule has 4 nitrogen and oxygen atoms in total. The minimum atomic E-state index is -0.852. The van der Waals surface area contributed by atoms with E-state index in [9.17, 15) is 5.11 Å². The standard InChI is InChI=1S/C18H29NO3/c1-18(2,3)15-7-5-14(6-8-15)17(20)22-12-11-19-10-9-16(13-19)21-4/h5-8,16-17,20H,9-13H2,1-4H3/t16-,17?/m0/s1. The van der Waals surface area contributed by atoms with Crippen molar-refractivity contribution in [2.75, 3.05) is 33.4 Å². The number of hydrogen-bond donors (Lipinski definition) is 1. The molecule has 0 amide bonds. The summed E-state index contributed by atoms with van der Waals surface area (Å²) in [5.41, 5.74) is 2.19. The van der Waals surface area contributed by atoms with Gasteiger partial charge in [0.05, 0.1) is 12.7 Å². The second-order valence-electron chi connectivity index (χ2n) is 7.04. The number of likely N-dealkylation sites (tertiary alicyclic amines) is 1. The van der Waals surface area contributed by atoms with Crippen LogP contribution in [0.2, 0.25) is 0 Å². The molecule has 1 unspecified atom stereocenters. The summed E-state index contributed by atoms with van der Waals surface area (Å²) in [4.78, 5) is 2.31. The van der Waals surface area contributed by atoms with Gasteiger partial charge in [-0.15, -0.1) is 0 Å². The lowest BCUT2D eigenvalue weighted by Crippen LogP contribution is -2.27. The highest BCUT2D eigenvalue weighted by molar-refractivity contribution is 5.27. The summed E-state index contributed by atoms with van der Waals surface area (Å²) in [6, 6.07) is 8.02. The van der Waals surface area contributed by atoms with Gasteiger partial charge in [-0.2, -0.15) is 0 Å². The first-order valence-corrected chi connectivity index (χ1v) is 8.05. The van der Waals surface area contributed by atoms with Crippen molar-refractivity contribution in [1.82, 2.24) is 4.90 Å². The molecular weight excluding hydrogens is 278 g/mol. The van der Waals surface area contributed by atoms with Crippen LogP contribution >= 0.6 is 0 Å². The summed E-state index contributed by atoms with van der Waals surface area (Å²) in [5.74, 6) is 0. The van der Waals surface area contributed by atoms with Crippen molar-refractivity contribution >= 4 is 0 Å². The lowest BCUT2D eigenvalue weighted by Gasteiger charge is -2.21. The first kappa shape index (κ1) is 17.4. The zero-order chi connectivity index (χ0) is 16.2. The van der Waals surface area contributed by atoms with Crippen molar-refractivity contribution in [1.29, 1.82) is 0 Å². The molecule has 0 saturated carbocycles. The molecule has 2 rings (SSSR count). The Morgan fingerprint density at radius 3 is 2.50 bits per heavy atom. The Bertz CT molecular complexity index is 452. The number of hydrogen-bond acceptors (Lipinski definition) is 4. The highest BCUT2D eigenvalue weighted by Gasteiger charge is 2.21. The van der Waals surface area contributed by atoms with Crippen LogP contribution < -0.4 is 0 Å². The fraction of sp³-hybridized carbons (Fsp3) is 0.667. The van der Waals surface area contributed by atoms with Gasteiger partial charge in [-0.05, 0) is 17.4 Å². The molecule has 22 heavy (non-hydrogen) atoms. The van der Waals surface area contributed by atoms with Crippen LogP contribution in [0.1, 0.15) is 44.6 Å². The second-order valence-corrected chi connectivity index (χ2v) is 7.04. The third-order valence-corrected chi connectivity index (χ3v) is 4.31. The van der Waals surface area contributed by atoms with Crippen LogP contribution in [0.15, 0.2) is 24.3 Å². The van der Waals surface area contributed by atoms with Crippen molar-refractivity contribution in [3.05, 3.63) is 35.4 Å². The monoisotopic (exact) mass is 307 g/mol. The zero-order valence-electron chi connectivity index (χ0n) is 14.2. The first-order chi connectivity index (χ1) is 10.4. The molecule has 1 heterocycles. The Labute approximate surface area is 134 Å². The molecular formula is C18H29NO3. The van der Waals surface area contributed by atoms with Crippen LogP contribution in [0.3, 0.4) is 0 Å². The van der Waals surface area contributed by atoms with Gasteiger partial charge in [0, 0.05) is 32.3 Å². The minimum absolute atomic E-state index is 0.123. The molecule has 1 aromatic rings. The van der Waals surface area contributed by atoms with Crippen LogP contribution in [0.5, 0.6) is 0 Å². The molecule has 2 atom stereocenters. The van der Waals surface area contributed by atoms with E-state index in [4.69, 9.17) is 9.47 Å². The predicted molar refractivity (Wildman–Crippen MR) is 87.9 cm³/mol. The summed E-state index contributed by atoms with van der Waals surface area (Å²) in [6.07, 6.45) is 0.567. The van der Waals surface area contributed by atoms with E-state index in [-0.39, 0.29) is 5.41 Å². The highest BCUT2D eigenvalue weighted by Crippen LogP contribution is 2.24. The van der Waals surface area contributed by atoms with Crippen LogP contribution in [0.25, 0.3) is 0 Å². The molecule has 1 fully saturated rings. The maximum atomic E-state index is 10.1. The topological polar surface area (TPSA) is 41.9 Å². The fourth-order valence-electron chi connectivity index (χ4n) is 2.73. The number of benzene rings is 1. The lowest BCUT2D eigenvalue weighted by molar-refractivity contribution is -0.106. The van der Waals surface area contributed by atoms with E-state index in [2.05, 4.69) is 37.8 Å². The molecule has 0 spiro atoms. The maximum absolute atomic E-state index is 10.1. The lowest BCUT2D eigenvalue weighted by atomic mass is 9.87. The Morgan fingerprint density at radius 2 is 1.95 bits per heavy atom. The van der Waals surface area contributed by atoms with E-state index in [0.717, 1.165) is 31.6 Å². The van der Waals surface area contributed by atoms with Gasteiger partial charge in [0.2, 0.25) is 0 Å². The Kier molecular flexibility index (Phi) is 5.98. The van der Waals surface area contributed by atoms with Gasteiger partial charge in [-0.25, -0.2) is 0 Å². The van der Waals surface area contributed by atoms with Crippen molar-refractivity contribution in [2.24, 2.45) is 0 Å². The Morgan fingerprint density at radius 1 is 1.27 bits per heavy atom. The van der Waals surface area contributed by atoms with Crippen molar-refractivity contribution < 1.29 is 14.6 Å². The molecule has 1 saturated heterocycles. The maximum Gasteiger partial charge on any atom is 0.181 e. The van der Waals surface area contributed by atoms with E-state index >= 15 is 0 Å². The number of nitrogens with zero attached hydrogens (tertiary/aromatic N) is 1. The predicted octanol–water partition coefficient (Wildman–Crippen LogP) is 2.71. The smallest absolute Gasteiger partial charge is 0.181 e. The van der Waals surface area contributed by atoms with Crippen LogP contribution in [-0.4, -0.2) is 49.5 Å². The number of aliphatic hydroxyl groups is 1. The molecule has 0 aromatic heterocycles. The summed E-state index contributed by atoms with van der Waals surface area (Å²) in [5, 5.41) is 10.1. The van der Waals surface area contributed by atoms with Crippen LogP contribution in [0, 0.1) is 0 Å². The van der Waals surface area contributed by atoms with Gasteiger partial charge in [-0.3, -0.25) is 4.90 Å². The Balaban J connectivity index is 1.76. The molecule has 4 heteroatoms. The number of rotatable bonds is 6. The van der Waals surface area contributed by atoms with Gasteiger partial charge >= 0.3 is 0 Å². The van der Waals surface area contributed by atoms with Gasteiger partial charge in [0.25, 0.3) is 0 Å². The fourth-order valence-corrected chi connectivity index (χ4v) is 2.73. The second kappa shape index (κ2) is 7.55. The molecule has 1 aliphatic rings. The van der Waals surface area contributed by atoms with Crippen LogP contribution in [0.4, 0.5) is 0 Å². The van der Waals surface area contributed by atoms with Crippen molar-refractivity contribution in [3.8, 4) is 0 Å². The number of aliphatic hydroxyl groups excluding tert-OH is 1. The molecule has 0 radical (unpaired) electrons. The SMILES string of the molecule is CO[C@H]1CCN(CCOC(O)c2ccc(C(C)(C)C)cc2)C1. The van der Waals surface area contributed by atoms with Gasteiger partial charge in [0.15, 0.2) is 6.29 Å². The summed E-state index contributed by atoms with van der Waals surface area (Å²) in [7, 11) is 1.76. The van der Waals surface area contributed by atoms with Gasteiger partial charge in [0.1, 0.15) is 0 Å². The third kappa shape index (κ3) is 4.78. The molecule has 1 aromatic carbocycles. The molecule has 124 valence electrons. The number of ether oxygens (including phenoxy) is 2. The third-order valence-electron chi connectivity index (χ3n) is 4.31. The van der Waals surface area contributed by atoms with Crippen molar-refractivity contribution in [2.45, 2.75) is 45.0 Å². The minimum Gasteiger partial charge on any atom is -0.380 e. The average Bonchev–Trinajstić information content (AvgIpc) is 2.94. The van der Waals surface area contributed by atoms with E-state index < -0.39 is 6.29 Å². The summed E-state index contributed by atoms with van der Waals surface area (Å²) < 4.78 is 10.9. The van der Waals surface area contributed by atoms with E-state index in [1.54, 1.807) is 7.11 Å². The van der Waals surface area contributed by atoms with E-state index in [1.165, 1.54) is 5.56 Å². The highest BCUT2D eigenvalue weighted by atomic mass is 16.6. The van der Waals surface area contributed by atoms with Gasteiger partial charge in [-0.1, -0.05) is 45.0 Å². The largest absolute Gasteiger partial charge is 0.380 e. The van der Waals surface area contributed by atoms with Crippen molar-refractivity contribution in [3.63, 3.8) is 0 Å². The normalized spacial score (nSPS) is 21.2. The molecule has 0 aliphatic carbocycles.